The quantitative estimate of drug-likeness (QED) is 0.832. The lowest BCUT2D eigenvalue weighted by Crippen LogP contribution is -2.41. The molecule has 0 radical (unpaired) electrons. The third kappa shape index (κ3) is 6.40. The fourth-order valence-corrected chi connectivity index (χ4v) is 1.90. The number of nitrogens with one attached hydrogen (secondary N) is 1. The van der Waals surface area contributed by atoms with Gasteiger partial charge >= 0.3 is 0 Å². The molecule has 0 spiro atoms. The summed E-state index contributed by atoms with van der Waals surface area (Å²) in [5, 5.41) is 2.85. The molecule has 1 aromatic carbocycles. The van der Waals surface area contributed by atoms with Gasteiger partial charge in [-0.3, -0.25) is 14.5 Å². The first-order valence-corrected chi connectivity index (χ1v) is 7.21. The summed E-state index contributed by atoms with van der Waals surface area (Å²) in [5.74, 6) is -0.0922. The van der Waals surface area contributed by atoms with E-state index in [4.69, 9.17) is 0 Å². The van der Waals surface area contributed by atoms with E-state index < -0.39 is 0 Å². The van der Waals surface area contributed by atoms with E-state index in [9.17, 15) is 9.59 Å². The monoisotopic (exact) mass is 291 g/mol. The van der Waals surface area contributed by atoms with Crippen molar-refractivity contribution in [1.29, 1.82) is 0 Å². The number of nitrogens with zero attached hydrogens (tertiary/aromatic N) is 2. The van der Waals surface area contributed by atoms with E-state index in [1.165, 1.54) is 0 Å². The van der Waals surface area contributed by atoms with Gasteiger partial charge in [0.1, 0.15) is 0 Å². The van der Waals surface area contributed by atoms with Crippen molar-refractivity contribution >= 4 is 17.5 Å². The van der Waals surface area contributed by atoms with Crippen molar-refractivity contribution in [1.82, 2.24) is 9.80 Å². The number of anilines is 1. The Morgan fingerprint density at radius 1 is 1.10 bits per heavy atom. The van der Waals surface area contributed by atoms with Gasteiger partial charge in [0, 0.05) is 19.8 Å². The van der Waals surface area contributed by atoms with Gasteiger partial charge in [0.05, 0.1) is 13.1 Å². The molecule has 0 unspecified atom stereocenters. The Labute approximate surface area is 126 Å². The van der Waals surface area contributed by atoms with Crippen molar-refractivity contribution in [2.24, 2.45) is 0 Å². The highest BCUT2D eigenvalue weighted by atomic mass is 16.2. The van der Waals surface area contributed by atoms with Crippen LogP contribution in [0.15, 0.2) is 24.3 Å². The van der Waals surface area contributed by atoms with Gasteiger partial charge in [-0.05, 0) is 32.0 Å². The topological polar surface area (TPSA) is 52.7 Å². The van der Waals surface area contributed by atoms with Crippen molar-refractivity contribution in [3.8, 4) is 0 Å². The Hall–Kier alpha value is -1.88. The first kappa shape index (κ1) is 17.2. The van der Waals surface area contributed by atoms with Crippen molar-refractivity contribution in [3.63, 3.8) is 0 Å². The van der Waals surface area contributed by atoms with Gasteiger partial charge < -0.3 is 10.2 Å². The molecule has 21 heavy (non-hydrogen) atoms. The predicted molar refractivity (Wildman–Crippen MR) is 85.2 cm³/mol. The van der Waals surface area contributed by atoms with Crippen LogP contribution in [0.25, 0.3) is 0 Å². The number of amides is 2. The maximum Gasteiger partial charge on any atom is 0.238 e. The molecule has 116 valence electrons. The molecule has 0 aliphatic carbocycles. The zero-order valence-electron chi connectivity index (χ0n) is 13.3. The van der Waals surface area contributed by atoms with Crippen molar-refractivity contribution < 1.29 is 9.59 Å². The fourth-order valence-electron chi connectivity index (χ4n) is 1.90. The van der Waals surface area contributed by atoms with E-state index in [1.807, 2.05) is 43.0 Å². The van der Waals surface area contributed by atoms with Crippen molar-refractivity contribution in [3.05, 3.63) is 29.8 Å². The van der Waals surface area contributed by atoms with Crippen LogP contribution in [-0.4, -0.2) is 55.3 Å². The minimum Gasteiger partial charge on any atom is -0.348 e. The molecular formula is C16H25N3O2. The number of hydrogen-bond acceptors (Lipinski definition) is 3. The predicted octanol–water partition coefficient (Wildman–Crippen LogP) is 1.73. The number of carbonyl (C=O) groups excluding carboxylic acids is 2. The minimum atomic E-state index is -0.0983. The normalized spacial score (nSPS) is 10.5. The van der Waals surface area contributed by atoms with E-state index in [-0.39, 0.29) is 24.9 Å². The first-order valence-electron chi connectivity index (χ1n) is 7.21. The number of aryl methyl sites for hydroxylation is 1. The zero-order valence-corrected chi connectivity index (χ0v) is 13.3. The largest absolute Gasteiger partial charge is 0.348 e. The molecule has 0 heterocycles. The Morgan fingerprint density at radius 2 is 1.71 bits per heavy atom. The molecule has 1 aromatic rings. The third-order valence-electron chi connectivity index (χ3n) is 3.10. The Kier molecular flexibility index (Phi) is 6.88. The molecule has 0 aliphatic heterocycles. The van der Waals surface area contributed by atoms with Crippen LogP contribution >= 0.6 is 0 Å². The molecule has 1 N–H and O–H groups in total. The summed E-state index contributed by atoms with van der Waals surface area (Å²) >= 11 is 0. The molecular weight excluding hydrogens is 266 g/mol. The second-order valence-corrected chi connectivity index (χ2v) is 5.41. The smallest absolute Gasteiger partial charge is 0.238 e. The summed E-state index contributed by atoms with van der Waals surface area (Å²) in [6.07, 6.45) is 0.901. The van der Waals surface area contributed by atoms with E-state index in [2.05, 4.69) is 5.32 Å². The molecule has 1 rings (SSSR count). The van der Waals surface area contributed by atoms with Gasteiger partial charge in [-0.1, -0.05) is 24.6 Å². The van der Waals surface area contributed by atoms with Gasteiger partial charge in [0.15, 0.2) is 0 Å². The SMILES string of the molecule is CCCN(CC(=O)Nc1ccc(C)cc1)CC(=O)N(C)C. The molecule has 0 fully saturated rings. The van der Waals surface area contributed by atoms with E-state index >= 15 is 0 Å². The highest BCUT2D eigenvalue weighted by Crippen LogP contribution is 2.08. The van der Waals surface area contributed by atoms with Crippen molar-refractivity contribution in [2.45, 2.75) is 20.3 Å². The Balaban J connectivity index is 2.55. The Morgan fingerprint density at radius 3 is 2.24 bits per heavy atom. The first-order chi connectivity index (χ1) is 9.92. The van der Waals surface area contributed by atoms with Crippen LogP contribution in [0.3, 0.4) is 0 Å². The third-order valence-corrected chi connectivity index (χ3v) is 3.10. The number of carbonyl (C=O) groups is 2. The maximum atomic E-state index is 12.1. The Bertz CT molecular complexity index is 469. The van der Waals surface area contributed by atoms with Crippen LogP contribution in [0.4, 0.5) is 5.69 Å². The number of hydrogen-bond donors (Lipinski definition) is 1. The summed E-state index contributed by atoms with van der Waals surface area (Å²) in [5.41, 5.74) is 1.93. The molecule has 0 atom stereocenters. The second-order valence-electron chi connectivity index (χ2n) is 5.41. The van der Waals surface area contributed by atoms with Gasteiger partial charge in [0.2, 0.25) is 11.8 Å². The highest BCUT2D eigenvalue weighted by molar-refractivity contribution is 5.92. The van der Waals surface area contributed by atoms with Crippen LogP contribution in [0, 0.1) is 6.92 Å². The molecule has 5 nitrogen and oxygen atoms in total. The maximum absolute atomic E-state index is 12.1. The van der Waals surface area contributed by atoms with Crippen LogP contribution in [0.2, 0.25) is 0 Å². The van der Waals surface area contributed by atoms with Crippen LogP contribution in [0.5, 0.6) is 0 Å². The number of likely N-dealkylation sites (N-methyl/N-ethyl adjacent to an activating group) is 1. The standard InChI is InChI=1S/C16H25N3O2/c1-5-10-19(12-16(21)18(3)4)11-15(20)17-14-8-6-13(2)7-9-14/h6-9H,5,10-12H2,1-4H3,(H,17,20). The van der Waals surface area contributed by atoms with E-state index in [0.717, 1.165) is 24.2 Å². The minimum absolute atomic E-state index is 0.00610. The average Bonchev–Trinajstić information content (AvgIpc) is 2.41. The van der Waals surface area contributed by atoms with Gasteiger partial charge in [-0.2, -0.15) is 0 Å². The van der Waals surface area contributed by atoms with E-state index in [0.29, 0.717) is 0 Å². The average molecular weight is 291 g/mol. The molecule has 0 bridgehead atoms. The summed E-state index contributed by atoms with van der Waals surface area (Å²) < 4.78 is 0. The van der Waals surface area contributed by atoms with Crippen LogP contribution in [-0.2, 0) is 9.59 Å². The lowest BCUT2D eigenvalue weighted by Gasteiger charge is -2.22. The van der Waals surface area contributed by atoms with Gasteiger partial charge in [0.25, 0.3) is 0 Å². The van der Waals surface area contributed by atoms with Gasteiger partial charge in [-0.15, -0.1) is 0 Å². The molecule has 0 aromatic heterocycles. The summed E-state index contributed by atoms with van der Waals surface area (Å²) in [6.45, 7) is 5.25. The highest BCUT2D eigenvalue weighted by Gasteiger charge is 2.15. The second kappa shape index (κ2) is 8.42. The molecule has 0 saturated heterocycles. The number of benzene rings is 1. The van der Waals surface area contributed by atoms with Crippen LogP contribution in [0.1, 0.15) is 18.9 Å². The molecule has 0 aliphatic rings. The fraction of sp³-hybridized carbons (Fsp3) is 0.500. The molecule has 2 amide bonds. The lowest BCUT2D eigenvalue weighted by atomic mass is 10.2. The zero-order chi connectivity index (χ0) is 15.8. The summed E-state index contributed by atoms with van der Waals surface area (Å²) in [4.78, 5) is 27.2. The van der Waals surface area contributed by atoms with Crippen LogP contribution < -0.4 is 5.32 Å². The molecule has 5 heteroatoms. The summed E-state index contributed by atoms with van der Waals surface area (Å²) in [7, 11) is 3.44. The van der Waals surface area contributed by atoms with Crippen molar-refractivity contribution in [2.75, 3.05) is 39.0 Å². The number of rotatable bonds is 7. The summed E-state index contributed by atoms with van der Waals surface area (Å²) in [6, 6.07) is 7.66. The van der Waals surface area contributed by atoms with Gasteiger partial charge in [-0.25, -0.2) is 0 Å². The molecule has 0 saturated carbocycles. The van der Waals surface area contributed by atoms with E-state index in [1.54, 1.807) is 19.0 Å². The lowest BCUT2D eigenvalue weighted by molar-refractivity contribution is -0.130.